The highest BCUT2D eigenvalue weighted by molar-refractivity contribution is 7.00. The molecule has 1 aromatic heterocycles. The molecule has 0 bridgehead atoms. The van der Waals surface area contributed by atoms with E-state index in [9.17, 15) is 0 Å². The van der Waals surface area contributed by atoms with Crippen LogP contribution in [0.3, 0.4) is 0 Å². The molecule has 13 rings (SSSR count). The van der Waals surface area contributed by atoms with Crippen molar-refractivity contribution in [2.75, 3.05) is 9.80 Å². The SMILES string of the molecule is c1ccc(-c2ccc(N3c4ccccc4B4c5ccccc5N(c5ccc(-c6ccccc6)cc5)c5cc(-c6ccc7c(c6)c6ccccc6n7-c6ccccc6)cc3c54)cc2)cc1. The minimum atomic E-state index is 0.0393. The van der Waals surface area contributed by atoms with Gasteiger partial charge in [-0.05, 0) is 129 Å². The number of rotatable bonds is 6. The van der Waals surface area contributed by atoms with Gasteiger partial charge in [-0.15, -0.1) is 0 Å². The lowest BCUT2D eigenvalue weighted by atomic mass is 9.33. The molecule has 298 valence electrons. The van der Waals surface area contributed by atoms with Crippen LogP contribution in [0.25, 0.3) is 60.9 Å². The Morgan fingerprint density at radius 3 is 1.27 bits per heavy atom. The van der Waals surface area contributed by atoms with Gasteiger partial charge in [0.05, 0.1) is 11.0 Å². The molecule has 0 N–H and O–H groups in total. The van der Waals surface area contributed by atoms with Gasteiger partial charge in [-0.25, -0.2) is 0 Å². The first-order valence-electron chi connectivity index (χ1n) is 22.1. The van der Waals surface area contributed by atoms with Crippen LogP contribution in [0, 0.1) is 0 Å². The predicted octanol–water partition coefficient (Wildman–Crippen LogP) is 13.9. The number of aromatic nitrogens is 1. The molecular weight excluding hydrogens is 773 g/mol. The van der Waals surface area contributed by atoms with E-state index in [-0.39, 0.29) is 6.71 Å². The Labute approximate surface area is 373 Å². The van der Waals surface area contributed by atoms with Crippen LogP contribution in [0.15, 0.2) is 243 Å². The number of fused-ring (bicyclic) bond motifs is 7. The van der Waals surface area contributed by atoms with Crippen LogP contribution in [-0.4, -0.2) is 11.3 Å². The Morgan fingerprint density at radius 1 is 0.266 bits per heavy atom. The molecule has 2 aliphatic heterocycles. The van der Waals surface area contributed by atoms with Crippen molar-refractivity contribution in [1.82, 2.24) is 4.57 Å². The average molecular weight is 814 g/mol. The maximum absolute atomic E-state index is 2.51. The summed E-state index contributed by atoms with van der Waals surface area (Å²) in [5.41, 5.74) is 21.7. The lowest BCUT2D eigenvalue weighted by Crippen LogP contribution is -2.61. The third-order valence-electron chi connectivity index (χ3n) is 13.4. The fraction of sp³-hybridized carbons (Fsp3) is 0. The van der Waals surface area contributed by atoms with Crippen molar-refractivity contribution >= 4 is 79.0 Å². The van der Waals surface area contributed by atoms with Crippen molar-refractivity contribution in [1.29, 1.82) is 0 Å². The second kappa shape index (κ2) is 14.6. The number of para-hydroxylation sites is 4. The van der Waals surface area contributed by atoms with E-state index in [1.807, 2.05) is 0 Å². The zero-order chi connectivity index (χ0) is 42.1. The van der Waals surface area contributed by atoms with Crippen LogP contribution in [0.1, 0.15) is 0 Å². The zero-order valence-electron chi connectivity index (χ0n) is 35.0. The van der Waals surface area contributed by atoms with E-state index >= 15 is 0 Å². The first-order valence-corrected chi connectivity index (χ1v) is 22.1. The molecule has 0 aliphatic carbocycles. The van der Waals surface area contributed by atoms with E-state index in [4.69, 9.17) is 0 Å². The van der Waals surface area contributed by atoms with Gasteiger partial charge in [-0.1, -0.05) is 164 Å². The summed E-state index contributed by atoms with van der Waals surface area (Å²) >= 11 is 0. The molecule has 10 aromatic carbocycles. The molecule has 4 heteroatoms. The molecule has 3 nitrogen and oxygen atoms in total. The molecule has 0 spiro atoms. The fourth-order valence-electron chi connectivity index (χ4n) is 10.5. The molecule has 0 amide bonds. The van der Waals surface area contributed by atoms with Crippen molar-refractivity contribution < 1.29 is 0 Å². The number of benzene rings is 10. The lowest BCUT2D eigenvalue weighted by molar-refractivity contribution is 1.18. The minimum Gasteiger partial charge on any atom is -0.311 e. The van der Waals surface area contributed by atoms with Crippen molar-refractivity contribution in [3.8, 4) is 39.1 Å². The van der Waals surface area contributed by atoms with E-state index in [1.54, 1.807) is 0 Å². The molecule has 64 heavy (non-hydrogen) atoms. The van der Waals surface area contributed by atoms with Crippen LogP contribution in [-0.2, 0) is 0 Å². The Balaban J connectivity index is 1.07. The number of hydrogen-bond acceptors (Lipinski definition) is 2. The van der Waals surface area contributed by atoms with Gasteiger partial charge in [0.2, 0.25) is 0 Å². The molecule has 11 aromatic rings. The first-order chi connectivity index (χ1) is 31.8. The standard InChI is InChI=1S/C60H40BN3/c1-4-16-41(17-5-1)43-28-33-48(34-29-43)63-56-26-14-11-23-52(56)61-53-24-12-15-27-57(53)64(49-35-30-44(31-36-49)42-18-6-2-7-19-42)59-40-46(39-58(63)60(59)61)45-32-37-55-51(38-45)50-22-10-13-25-54(50)62(55)47-20-8-3-9-21-47/h1-40H. The zero-order valence-corrected chi connectivity index (χ0v) is 35.0. The Hall–Kier alpha value is -8.34. The molecule has 0 saturated heterocycles. The van der Waals surface area contributed by atoms with Gasteiger partial charge in [-0.2, -0.15) is 0 Å². The van der Waals surface area contributed by atoms with Crippen molar-refractivity contribution in [2.24, 2.45) is 0 Å². The van der Waals surface area contributed by atoms with Gasteiger partial charge in [0.25, 0.3) is 6.71 Å². The van der Waals surface area contributed by atoms with E-state index in [0.29, 0.717) is 0 Å². The summed E-state index contributed by atoms with van der Waals surface area (Å²) in [4.78, 5) is 5.01. The van der Waals surface area contributed by atoms with Crippen molar-refractivity contribution in [3.63, 3.8) is 0 Å². The molecule has 0 unspecified atom stereocenters. The fourth-order valence-corrected chi connectivity index (χ4v) is 10.5. The molecule has 2 aliphatic rings. The number of anilines is 6. The maximum atomic E-state index is 2.51. The molecule has 0 fully saturated rings. The Bertz CT molecular complexity index is 3390. The van der Waals surface area contributed by atoms with Gasteiger partial charge in [-0.3, -0.25) is 0 Å². The highest BCUT2D eigenvalue weighted by Gasteiger charge is 2.43. The highest BCUT2D eigenvalue weighted by Crippen LogP contribution is 2.47. The van der Waals surface area contributed by atoms with Crippen molar-refractivity contribution in [2.45, 2.75) is 0 Å². The summed E-state index contributed by atoms with van der Waals surface area (Å²) in [7, 11) is 0. The summed E-state index contributed by atoms with van der Waals surface area (Å²) < 4.78 is 2.39. The molecule has 3 heterocycles. The van der Waals surface area contributed by atoms with E-state index in [1.165, 1.54) is 94.3 Å². The van der Waals surface area contributed by atoms with Crippen LogP contribution in [0.2, 0.25) is 0 Å². The minimum absolute atomic E-state index is 0.0393. The lowest BCUT2D eigenvalue weighted by Gasteiger charge is -2.44. The van der Waals surface area contributed by atoms with E-state index < -0.39 is 0 Å². The third kappa shape index (κ3) is 5.70. The smallest absolute Gasteiger partial charge is 0.252 e. The largest absolute Gasteiger partial charge is 0.311 e. The Kier molecular flexibility index (Phi) is 8.32. The monoisotopic (exact) mass is 813 g/mol. The van der Waals surface area contributed by atoms with E-state index in [2.05, 4.69) is 257 Å². The highest BCUT2D eigenvalue weighted by atomic mass is 15.2. The molecule has 0 saturated carbocycles. The summed E-state index contributed by atoms with van der Waals surface area (Å²) in [5.74, 6) is 0. The first kappa shape index (κ1) is 36.3. The van der Waals surface area contributed by atoms with Gasteiger partial charge in [0, 0.05) is 50.6 Å². The van der Waals surface area contributed by atoms with Crippen LogP contribution in [0.5, 0.6) is 0 Å². The van der Waals surface area contributed by atoms with E-state index in [0.717, 1.165) is 17.1 Å². The van der Waals surface area contributed by atoms with Crippen LogP contribution in [0.4, 0.5) is 34.1 Å². The predicted molar refractivity (Wildman–Crippen MR) is 271 cm³/mol. The van der Waals surface area contributed by atoms with Crippen molar-refractivity contribution in [3.05, 3.63) is 243 Å². The summed E-state index contributed by atoms with van der Waals surface area (Å²) in [6, 6.07) is 89.1. The molecule has 0 radical (unpaired) electrons. The second-order valence-corrected chi connectivity index (χ2v) is 16.9. The second-order valence-electron chi connectivity index (χ2n) is 16.9. The average Bonchev–Trinajstić information content (AvgIpc) is 3.71. The van der Waals surface area contributed by atoms with Gasteiger partial charge >= 0.3 is 0 Å². The summed E-state index contributed by atoms with van der Waals surface area (Å²) in [6.45, 7) is 0.0393. The summed E-state index contributed by atoms with van der Waals surface area (Å²) in [6.07, 6.45) is 0. The van der Waals surface area contributed by atoms with Gasteiger partial charge in [0.1, 0.15) is 0 Å². The van der Waals surface area contributed by atoms with Gasteiger partial charge in [0.15, 0.2) is 0 Å². The quantitative estimate of drug-likeness (QED) is 0.155. The maximum Gasteiger partial charge on any atom is 0.252 e. The number of hydrogen-bond donors (Lipinski definition) is 0. The normalized spacial score (nSPS) is 12.6. The third-order valence-corrected chi connectivity index (χ3v) is 13.4. The molecule has 0 atom stereocenters. The number of nitrogens with zero attached hydrogens (tertiary/aromatic N) is 3. The van der Waals surface area contributed by atoms with Crippen LogP contribution >= 0.6 is 0 Å². The van der Waals surface area contributed by atoms with Crippen LogP contribution < -0.4 is 26.2 Å². The molecular formula is C60H40BN3. The summed E-state index contributed by atoms with van der Waals surface area (Å²) in [5, 5.41) is 2.48. The Morgan fingerprint density at radius 2 is 0.703 bits per heavy atom. The van der Waals surface area contributed by atoms with Gasteiger partial charge < -0.3 is 14.4 Å². The topological polar surface area (TPSA) is 11.4 Å².